The standard InChI is InChI=1S/C25H27N3O4/c1-19(25(30)27-16-21-8-6-7-15-26-21)28(17-20-11-13-22(31-2)14-12-20)24(29)18-32-23-9-4-3-5-10-23/h3-15,19H,16-18H2,1-2H3,(H,27,30). The largest absolute Gasteiger partial charge is 0.497 e. The SMILES string of the molecule is COc1ccc(CN(C(=O)COc2ccccc2)C(C)C(=O)NCc2ccccn2)cc1. The maximum absolute atomic E-state index is 13.0. The Morgan fingerprint density at radius 1 is 0.969 bits per heavy atom. The van der Waals surface area contributed by atoms with Gasteiger partial charge in [-0.05, 0) is 48.9 Å². The van der Waals surface area contributed by atoms with E-state index < -0.39 is 6.04 Å². The highest BCUT2D eigenvalue weighted by Crippen LogP contribution is 2.16. The molecule has 3 rings (SSSR count). The van der Waals surface area contributed by atoms with Crippen LogP contribution in [0.3, 0.4) is 0 Å². The second-order valence-corrected chi connectivity index (χ2v) is 7.19. The molecule has 7 heteroatoms. The molecule has 7 nitrogen and oxygen atoms in total. The predicted molar refractivity (Wildman–Crippen MR) is 121 cm³/mol. The quantitative estimate of drug-likeness (QED) is 0.531. The summed E-state index contributed by atoms with van der Waals surface area (Å²) in [7, 11) is 1.60. The summed E-state index contributed by atoms with van der Waals surface area (Å²) in [4.78, 5) is 31.6. The third-order valence-electron chi connectivity index (χ3n) is 4.95. The Kier molecular flexibility index (Phi) is 8.20. The summed E-state index contributed by atoms with van der Waals surface area (Å²) < 4.78 is 10.8. The molecule has 0 spiro atoms. The molecule has 0 fully saturated rings. The topological polar surface area (TPSA) is 80.8 Å². The molecule has 0 aliphatic carbocycles. The number of nitrogens with one attached hydrogen (secondary N) is 1. The molecule has 1 unspecified atom stereocenters. The van der Waals surface area contributed by atoms with Gasteiger partial charge < -0.3 is 19.7 Å². The van der Waals surface area contributed by atoms with Crippen LogP contribution in [0.4, 0.5) is 0 Å². The molecular weight excluding hydrogens is 406 g/mol. The molecule has 0 bridgehead atoms. The maximum atomic E-state index is 13.0. The zero-order valence-electron chi connectivity index (χ0n) is 18.2. The van der Waals surface area contributed by atoms with E-state index in [2.05, 4.69) is 10.3 Å². The van der Waals surface area contributed by atoms with Crippen LogP contribution in [0.25, 0.3) is 0 Å². The van der Waals surface area contributed by atoms with Crippen molar-refractivity contribution in [2.45, 2.75) is 26.1 Å². The van der Waals surface area contributed by atoms with Gasteiger partial charge >= 0.3 is 0 Å². The number of aromatic nitrogens is 1. The van der Waals surface area contributed by atoms with Gasteiger partial charge in [-0.1, -0.05) is 36.4 Å². The molecule has 2 aromatic carbocycles. The molecule has 166 valence electrons. The monoisotopic (exact) mass is 433 g/mol. The molecule has 0 aliphatic rings. The summed E-state index contributed by atoms with van der Waals surface area (Å²) in [5.41, 5.74) is 1.62. The van der Waals surface area contributed by atoms with E-state index in [0.717, 1.165) is 17.0 Å². The Bertz CT molecular complexity index is 995. The number of methoxy groups -OCH3 is 1. The van der Waals surface area contributed by atoms with E-state index in [4.69, 9.17) is 9.47 Å². The molecule has 3 aromatic rings. The number of ether oxygens (including phenoxy) is 2. The number of hydrogen-bond donors (Lipinski definition) is 1. The Labute approximate surface area is 188 Å². The van der Waals surface area contributed by atoms with Gasteiger partial charge in [-0.25, -0.2) is 0 Å². The van der Waals surface area contributed by atoms with Crippen LogP contribution in [0, 0.1) is 0 Å². The number of carbonyl (C=O) groups is 2. The van der Waals surface area contributed by atoms with E-state index in [-0.39, 0.29) is 31.5 Å². The maximum Gasteiger partial charge on any atom is 0.261 e. The predicted octanol–water partition coefficient (Wildman–Crippen LogP) is 3.20. The minimum atomic E-state index is -0.701. The van der Waals surface area contributed by atoms with Crippen molar-refractivity contribution < 1.29 is 19.1 Å². The fraction of sp³-hybridized carbons (Fsp3) is 0.240. The minimum absolute atomic E-state index is 0.169. The molecule has 2 amide bonds. The molecule has 1 atom stereocenters. The fourth-order valence-corrected chi connectivity index (χ4v) is 3.08. The zero-order valence-corrected chi connectivity index (χ0v) is 18.2. The Hall–Kier alpha value is -3.87. The first kappa shape index (κ1) is 22.8. The van der Waals surface area contributed by atoms with Crippen molar-refractivity contribution in [3.8, 4) is 11.5 Å². The first-order valence-electron chi connectivity index (χ1n) is 10.3. The smallest absolute Gasteiger partial charge is 0.261 e. The summed E-state index contributed by atoms with van der Waals surface area (Å²) in [5, 5.41) is 2.86. The fourth-order valence-electron chi connectivity index (χ4n) is 3.08. The van der Waals surface area contributed by atoms with Crippen LogP contribution in [0.15, 0.2) is 79.0 Å². The van der Waals surface area contributed by atoms with Gasteiger partial charge in [0.25, 0.3) is 5.91 Å². The van der Waals surface area contributed by atoms with Gasteiger partial charge in [0.15, 0.2) is 6.61 Å². The second kappa shape index (κ2) is 11.5. The van der Waals surface area contributed by atoms with E-state index in [0.29, 0.717) is 5.75 Å². The first-order valence-corrected chi connectivity index (χ1v) is 10.3. The Balaban J connectivity index is 1.69. The number of amides is 2. The van der Waals surface area contributed by atoms with Gasteiger partial charge in [-0.15, -0.1) is 0 Å². The molecule has 1 heterocycles. The minimum Gasteiger partial charge on any atom is -0.497 e. The van der Waals surface area contributed by atoms with Crippen LogP contribution < -0.4 is 14.8 Å². The summed E-state index contributed by atoms with van der Waals surface area (Å²) >= 11 is 0. The van der Waals surface area contributed by atoms with Gasteiger partial charge in [0, 0.05) is 12.7 Å². The number of benzene rings is 2. The van der Waals surface area contributed by atoms with Gasteiger partial charge in [0.1, 0.15) is 17.5 Å². The van der Waals surface area contributed by atoms with Crippen LogP contribution >= 0.6 is 0 Å². The van der Waals surface area contributed by atoms with Crippen LogP contribution in [0.5, 0.6) is 11.5 Å². The molecular formula is C25H27N3O4. The van der Waals surface area contributed by atoms with Crippen LogP contribution in [0.1, 0.15) is 18.2 Å². The number of rotatable bonds is 10. The third-order valence-corrected chi connectivity index (χ3v) is 4.95. The van der Waals surface area contributed by atoms with Gasteiger partial charge in [0.05, 0.1) is 19.3 Å². The average Bonchev–Trinajstić information content (AvgIpc) is 2.85. The van der Waals surface area contributed by atoms with Crippen molar-refractivity contribution in [3.05, 3.63) is 90.3 Å². The molecule has 1 N–H and O–H groups in total. The highest BCUT2D eigenvalue weighted by atomic mass is 16.5. The van der Waals surface area contributed by atoms with E-state index >= 15 is 0 Å². The molecule has 1 aromatic heterocycles. The summed E-state index contributed by atoms with van der Waals surface area (Å²) in [5.74, 6) is 0.764. The Morgan fingerprint density at radius 2 is 1.69 bits per heavy atom. The number of para-hydroxylation sites is 1. The summed E-state index contributed by atoms with van der Waals surface area (Å²) in [6.07, 6.45) is 1.67. The molecule has 0 saturated carbocycles. The second-order valence-electron chi connectivity index (χ2n) is 7.19. The van der Waals surface area contributed by atoms with Gasteiger partial charge in [-0.3, -0.25) is 14.6 Å². The third kappa shape index (κ3) is 6.57. The van der Waals surface area contributed by atoms with Gasteiger partial charge in [0.2, 0.25) is 5.91 Å². The molecule has 0 saturated heterocycles. The number of pyridine rings is 1. The van der Waals surface area contributed by atoms with Crippen molar-refractivity contribution in [2.24, 2.45) is 0 Å². The average molecular weight is 434 g/mol. The number of hydrogen-bond acceptors (Lipinski definition) is 5. The zero-order chi connectivity index (χ0) is 22.8. The molecule has 32 heavy (non-hydrogen) atoms. The molecule has 0 aliphatic heterocycles. The summed E-state index contributed by atoms with van der Waals surface area (Å²) in [6.45, 7) is 2.09. The van der Waals surface area contributed by atoms with Crippen LogP contribution in [-0.2, 0) is 22.7 Å². The van der Waals surface area contributed by atoms with Crippen LogP contribution in [-0.4, -0.2) is 41.5 Å². The number of carbonyl (C=O) groups excluding carboxylic acids is 2. The lowest BCUT2D eigenvalue weighted by atomic mass is 10.1. The lowest BCUT2D eigenvalue weighted by Crippen LogP contribution is -2.48. The van der Waals surface area contributed by atoms with E-state index in [9.17, 15) is 9.59 Å². The van der Waals surface area contributed by atoms with Crippen molar-refractivity contribution >= 4 is 11.8 Å². The Morgan fingerprint density at radius 3 is 2.34 bits per heavy atom. The van der Waals surface area contributed by atoms with Crippen molar-refractivity contribution in [1.29, 1.82) is 0 Å². The van der Waals surface area contributed by atoms with E-state index in [1.807, 2.05) is 60.7 Å². The highest BCUT2D eigenvalue weighted by molar-refractivity contribution is 5.87. The molecule has 0 radical (unpaired) electrons. The van der Waals surface area contributed by atoms with Gasteiger partial charge in [-0.2, -0.15) is 0 Å². The first-order chi connectivity index (χ1) is 15.6. The normalized spacial score (nSPS) is 11.3. The van der Waals surface area contributed by atoms with E-state index in [1.165, 1.54) is 4.90 Å². The van der Waals surface area contributed by atoms with Crippen molar-refractivity contribution in [3.63, 3.8) is 0 Å². The van der Waals surface area contributed by atoms with E-state index in [1.54, 1.807) is 32.4 Å². The lowest BCUT2D eigenvalue weighted by Gasteiger charge is -2.28. The van der Waals surface area contributed by atoms with Crippen molar-refractivity contribution in [1.82, 2.24) is 15.2 Å². The summed E-state index contributed by atoms with van der Waals surface area (Å²) in [6, 6.07) is 21.3. The lowest BCUT2D eigenvalue weighted by molar-refractivity contribution is -0.142. The van der Waals surface area contributed by atoms with Crippen LogP contribution in [0.2, 0.25) is 0 Å². The highest BCUT2D eigenvalue weighted by Gasteiger charge is 2.26. The number of nitrogens with zero attached hydrogens (tertiary/aromatic N) is 2. The van der Waals surface area contributed by atoms with Crippen molar-refractivity contribution in [2.75, 3.05) is 13.7 Å².